The Bertz CT molecular complexity index is 312. The molecule has 2 nitrogen and oxygen atoms in total. The third kappa shape index (κ3) is 2.09. The molecule has 1 aromatic carbocycles. The van der Waals surface area contributed by atoms with Gasteiger partial charge in [-0.05, 0) is 38.5 Å². The lowest BCUT2D eigenvalue weighted by molar-refractivity contribution is 0.476. The molecular formula is C10H13NO. The molecule has 0 fully saturated rings. The number of aliphatic imine (C=N–C) groups is 1. The van der Waals surface area contributed by atoms with Gasteiger partial charge < -0.3 is 5.11 Å². The zero-order valence-electron chi connectivity index (χ0n) is 7.63. The van der Waals surface area contributed by atoms with Crippen LogP contribution >= 0.6 is 0 Å². The molecule has 0 saturated heterocycles. The Kier molecular flexibility index (Phi) is 2.48. The molecule has 0 aliphatic heterocycles. The van der Waals surface area contributed by atoms with Crippen LogP contribution in [0.25, 0.3) is 0 Å². The molecule has 64 valence electrons. The Morgan fingerprint density at radius 1 is 1.33 bits per heavy atom. The summed E-state index contributed by atoms with van der Waals surface area (Å²) < 4.78 is 0. The zero-order chi connectivity index (χ0) is 9.14. The molecular weight excluding hydrogens is 150 g/mol. The van der Waals surface area contributed by atoms with Gasteiger partial charge >= 0.3 is 0 Å². The normalized spacial score (nSPS) is 9.58. The third-order valence-corrected chi connectivity index (χ3v) is 1.47. The van der Waals surface area contributed by atoms with Crippen LogP contribution in [-0.4, -0.2) is 10.8 Å². The Balaban J connectivity index is 3.14. The molecule has 0 heterocycles. The molecule has 1 aromatic rings. The summed E-state index contributed by atoms with van der Waals surface area (Å²) in [4.78, 5) is 4.19. The van der Waals surface area contributed by atoms with Crippen molar-refractivity contribution in [1.82, 2.24) is 0 Å². The average molecular weight is 163 g/mol. The quantitative estimate of drug-likeness (QED) is 0.634. The Morgan fingerprint density at radius 2 is 2.00 bits per heavy atom. The SMILES string of the molecule is CC(C)=Nc1cc(C)ccc1O. The maximum atomic E-state index is 9.38. The molecule has 0 saturated carbocycles. The lowest BCUT2D eigenvalue weighted by Crippen LogP contribution is -1.79. The highest BCUT2D eigenvalue weighted by Crippen LogP contribution is 2.26. The van der Waals surface area contributed by atoms with Gasteiger partial charge in [0.15, 0.2) is 0 Å². The zero-order valence-corrected chi connectivity index (χ0v) is 7.63. The highest BCUT2D eigenvalue weighted by molar-refractivity contribution is 5.83. The highest BCUT2D eigenvalue weighted by atomic mass is 16.3. The first-order valence-corrected chi connectivity index (χ1v) is 3.91. The number of nitrogens with zero attached hydrogens (tertiary/aromatic N) is 1. The van der Waals surface area contributed by atoms with Gasteiger partial charge in [0.25, 0.3) is 0 Å². The van der Waals surface area contributed by atoms with E-state index in [-0.39, 0.29) is 5.75 Å². The Hall–Kier alpha value is -1.31. The Morgan fingerprint density at radius 3 is 2.58 bits per heavy atom. The van der Waals surface area contributed by atoms with E-state index in [1.807, 2.05) is 32.9 Å². The van der Waals surface area contributed by atoms with E-state index in [0.717, 1.165) is 11.3 Å². The molecule has 0 spiro atoms. The number of hydrogen-bond donors (Lipinski definition) is 1. The fourth-order valence-electron chi connectivity index (χ4n) is 0.964. The maximum absolute atomic E-state index is 9.38. The third-order valence-electron chi connectivity index (χ3n) is 1.47. The number of rotatable bonds is 1. The van der Waals surface area contributed by atoms with Crippen LogP contribution in [0, 0.1) is 6.92 Å². The van der Waals surface area contributed by atoms with Gasteiger partial charge in [0.1, 0.15) is 11.4 Å². The fraction of sp³-hybridized carbons (Fsp3) is 0.300. The van der Waals surface area contributed by atoms with E-state index in [0.29, 0.717) is 5.69 Å². The molecule has 12 heavy (non-hydrogen) atoms. The molecule has 0 radical (unpaired) electrons. The van der Waals surface area contributed by atoms with E-state index in [1.54, 1.807) is 6.07 Å². The van der Waals surface area contributed by atoms with Gasteiger partial charge in [0.05, 0.1) is 0 Å². The van der Waals surface area contributed by atoms with Crippen molar-refractivity contribution in [2.24, 2.45) is 4.99 Å². The molecule has 0 atom stereocenters. The van der Waals surface area contributed by atoms with E-state index in [4.69, 9.17) is 0 Å². The minimum Gasteiger partial charge on any atom is -0.506 e. The lowest BCUT2D eigenvalue weighted by Gasteiger charge is -2.00. The van der Waals surface area contributed by atoms with Crippen LogP contribution in [0.3, 0.4) is 0 Å². The summed E-state index contributed by atoms with van der Waals surface area (Å²) in [5, 5.41) is 9.38. The summed E-state index contributed by atoms with van der Waals surface area (Å²) >= 11 is 0. The van der Waals surface area contributed by atoms with E-state index >= 15 is 0 Å². The van der Waals surface area contributed by atoms with Crippen LogP contribution < -0.4 is 0 Å². The van der Waals surface area contributed by atoms with Crippen molar-refractivity contribution in [3.8, 4) is 5.75 Å². The number of phenols is 1. The minimum atomic E-state index is 0.238. The van der Waals surface area contributed by atoms with E-state index in [1.165, 1.54) is 0 Å². The summed E-state index contributed by atoms with van der Waals surface area (Å²) in [5.74, 6) is 0.238. The van der Waals surface area contributed by atoms with Crippen molar-refractivity contribution in [2.45, 2.75) is 20.8 Å². The lowest BCUT2D eigenvalue weighted by atomic mass is 10.2. The van der Waals surface area contributed by atoms with Crippen LogP contribution in [0.5, 0.6) is 5.75 Å². The van der Waals surface area contributed by atoms with Crippen molar-refractivity contribution >= 4 is 11.4 Å². The monoisotopic (exact) mass is 163 g/mol. The second-order valence-corrected chi connectivity index (χ2v) is 3.05. The molecule has 0 aromatic heterocycles. The Labute approximate surface area is 72.6 Å². The number of aromatic hydroxyl groups is 1. The van der Waals surface area contributed by atoms with Gasteiger partial charge in [-0.1, -0.05) is 6.07 Å². The molecule has 2 heteroatoms. The van der Waals surface area contributed by atoms with E-state index < -0.39 is 0 Å². The van der Waals surface area contributed by atoms with Gasteiger partial charge in [0.2, 0.25) is 0 Å². The van der Waals surface area contributed by atoms with Crippen LogP contribution in [0.1, 0.15) is 19.4 Å². The molecule has 0 aliphatic rings. The summed E-state index contributed by atoms with van der Waals surface area (Å²) in [5.41, 5.74) is 2.69. The molecule has 0 aliphatic carbocycles. The van der Waals surface area contributed by atoms with Gasteiger partial charge in [-0.2, -0.15) is 0 Å². The number of hydrogen-bond acceptors (Lipinski definition) is 2. The fourth-order valence-corrected chi connectivity index (χ4v) is 0.964. The van der Waals surface area contributed by atoms with E-state index in [9.17, 15) is 5.11 Å². The molecule has 1 rings (SSSR count). The largest absolute Gasteiger partial charge is 0.506 e. The van der Waals surface area contributed by atoms with Gasteiger partial charge in [-0.15, -0.1) is 0 Å². The van der Waals surface area contributed by atoms with Crippen molar-refractivity contribution in [3.05, 3.63) is 23.8 Å². The molecule has 1 N–H and O–H groups in total. The molecule has 0 bridgehead atoms. The van der Waals surface area contributed by atoms with Gasteiger partial charge in [-0.25, -0.2) is 0 Å². The first-order chi connectivity index (χ1) is 5.59. The summed E-state index contributed by atoms with van der Waals surface area (Å²) in [6.07, 6.45) is 0. The first kappa shape index (κ1) is 8.78. The van der Waals surface area contributed by atoms with Crippen LogP contribution in [0.4, 0.5) is 5.69 Å². The number of phenolic OH excluding ortho intramolecular Hbond substituents is 1. The van der Waals surface area contributed by atoms with Crippen molar-refractivity contribution < 1.29 is 5.11 Å². The van der Waals surface area contributed by atoms with E-state index in [2.05, 4.69) is 4.99 Å². The average Bonchev–Trinajstić information content (AvgIpc) is 1.96. The highest BCUT2D eigenvalue weighted by Gasteiger charge is 1.97. The van der Waals surface area contributed by atoms with Crippen LogP contribution in [-0.2, 0) is 0 Å². The summed E-state index contributed by atoms with van der Waals surface area (Å²) in [6, 6.07) is 5.39. The van der Waals surface area contributed by atoms with Gasteiger partial charge in [-0.3, -0.25) is 4.99 Å². The smallest absolute Gasteiger partial charge is 0.141 e. The van der Waals surface area contributed by atoms with Crippen molar-refractivity contribution in [1.29, 1.82) is 0 Å². The summed E-state index contributed by atoms with van der Waals surface area (Å²) in [6.45, 7) is 5.78. The second-order valence-electron chi connectivity index (χ2n) is 3.05. The topological polar surface area (TPSA) is 32.6 Å². The van der Waals surface area contributed by atoms with Crippen LogP contribution in [0.15, 0.2) is 23.2 Å². The predicted octanol–water partition coefficient (Wildman–Crippen LogP) is 2.81. The number of benzene rings is 1. The molecule has 0 unspecified atom stereocenters. The maximum Gasteiger partial charge on any atom is 0.141 e. The van der Waals surface area contributed by atoms with Crippen molar-refractivity contribution in [3.63, 3.8) is 0 Å². The molecule has 0 amide bonds. The van der Waals surface area contributed by atoms with Crippen molar-refractivity contribution in [2.75, 3.05) is 0 Å². The van der Waals surface area contributed by atoms with Gasteiger partial charge in [0, 0.05) is 5.71 Å². The minimum absolute atomic E-state index is 0.238. The first-order valence-electron chi connectivity index (χ1n) is 3.91. The second kappa shape index (κ2) is 3.39. The number of aryl methyl sites for hydroxylation is 1. The summed E-state index contributed by atoms with van der Waals surface area (Å²) in [7, 11) is 0. The predicted molar refractivity (Wildman–Crippen MR) is 51.3 cm³/mol. The van der Waals surface area contributed by atoms with Crippen LogP contribution in [0.2, 0.25) is 0 Å². The standard InChI is InChI=1S/C10H13NO/c1-7(2)11-9-6-8(3)4-5-10(9)12/h4-6,12H,1-3H3.